The van der Waals surface area contributed by atoms with Crippen LogP contribution in [0.3, 0.4) is 0 Å². The Bertz CT molecular complexity index is 742. The Morgan fingerprint density at radius 1 is 1.04 bits per heavy atom. The first kappa shape index (κ1) is 17.5. The molecule has 1 fully saturated rings. The molecule has 0 radical (unpaired) electrons. The van der Waals surface area contributed by atoms with Gasteiger partial charge in [0.25, 0.3) is 5.91 Å². The molecular formula is C19H26BrN3O. The van der Waals surface area contributed by atoms with E-state index < -0.39 is 0 Å². The molecule has 1 aromatic heterocycles. The van der Waals surface area contributed by atoms with Crippen LogP contribution in [0.15, 0.2) is 28.9 Å². The second-order valence-electron chi connectivity index (χ2n) is 7.13. The van der Waals surface area contributed by atoms with Crippen molar-refractivity contribution in [2.75, 3.05) is 26.2 Å². The van der Waals surface area contributed by atoms with Crippen LogP contribution >= 0.6 is 15.9 Å². The van der Waals surface area contributed by atoms with Crippen LogP contribution in [0.2, 0.25) is 0 Å². The van der Waals surface area contributed by atoms with E-state index in [1.54, 1.807) is 0 Å². The number of carbonyl (C=O) groups is 1. The van der Waals surface area contributed by atoms with Crippen LogP contribution in [0.5, 0.6) is 0 Å². The lowest BCUT2D eigenvalue weighted by molar-refractivity contribution is 0.0597. The number of hydrogen-bond donors (Lipinski definition) is 0. The molecule has 0 atom stereocenters. The van der Waals surface area contributed by atoms with Crippen LogP contribution < -0.4 is 0 Å². The first-order valence-electron chi connectivity index (χ1n) is 8.72. The lowest BCUT2D eigenvalue weighted by Gasteiger charge is -2.36. The minimum Gasteiger partial charge on any atom is -0.344 e. The molecule has 24 heavy (non-hydrogen) atoms. The smallest absolute Gasteiger partial charge is 0.256 e. The summed E-state index contributed by atoms with van der Waals surface area (Å²) in [6.07, 6.45) is 2.03. The Hall–Kier alpha value is -1.33. The van der Waals surface area contributed by atoms with Gasteiger partial charge in [0.05, 0.1) is 11.1 Å². The fourth-order valence-corrected chi connectivity index (χ4v) is 3.78. The average Bonchev–Trinajstić information content (AvgIpc) is 2.93. The lowest BCUT2D eigenvalue weighted by atomic mass is 10.1. The number of piperazine rings is 1. The molecule has 1 aliphatic rings. The molecule has 0 spiro atoms. The molecule has 1 aromatic carbocycles. The summed E-state index contributed by atoms with van der Waals surface area (Å²) in [6.45, 7) is 12.3. The van der Waals surface area contributed by atoms with Gasteiger partial charge in [0.1, 0.15) is 0 Å². The number of nitrogens with zero attached hydrogens (tertiary/aromatic N) is 3. The number of hydrogen-bond acceptors (Lipinski definition) is 2. The van der Waals surface area contributed by atoms with E-state index in [9.17, 15) is 4.79 Å². The fraction of sp³-hybridized carbons (Fsp3) is 0.526. The number of halogens is 1. The summed E-state index contributed by atoms with van der Waals surface area (Å²) in [6, 6.07) is 7.03. The quantitative estimate of drug-likeness (QED) is 0.785. The maximum atomic E-state index is 13.1. The second kappa shape index (κ2) is 6.89. The van der Waals surface area contributed by atoms with E-state index in [2.05, 4.69) is 65.2 Å². The molecule has 0 bridgehead atoms. The van der Waals surface area contributed by atoms with Crippen LogP contribution in [0.4, 0.5) is 0 Å². The number of amides is 1. The van der Waals surface area contributed by atoms with Gasteiger partial charge in [0, 0.05) is 54.3 Å². The van der Waals surface area contributed by atoms with Crippen molar-refractivity contribution in [3.05, 3.63) is 34.4 Å². The zero-order valence-electron chi connectivity index (χ0n) is 14.9. The highest BCUT2D eigenvalue weighted by molar-refractivity contribution is 9.10. The Kier molecular flexibility index (Phi) is 5.02. The van der Waals surface area contributed by atoms with Crippen molar-refractivity contribution >= 4 is 32.7 Å². The number of rotatable bonds is 3. The maximum absolute atomic E-state index is 13.1. The van der Waals surface area contributed by atoms with Gasteiger partial charge in [-0.2, -0.15) is 0 Å². The molecule has 0 N–H and O–H groups in total. The van der Waals surface area contributed by atoms with Crippen LogP contribution in [0.1, 0.15) is 44.1 Å². The van der Waals surface area contributed by atoms with Gasteiger partial charge < -0.3 is 9.47 Å². The third-order valence-electron chi connectivity index (χ3n) is 4.91. The largest absolute Gasteiger partial charge is 0.344 e. The third-order valence-corrected chi connectivity index (χ3v) is 5.41. The van der Waals surface area contributed by atoms with Crippen LogP contribution in [0, 0.1) is 0 Å². The van der Waals surface area contributed by atoms with Crippen molar-refractivity contribution in [3.8, 4) is 0 Å². The summed E-state index contributed by atoms with van der Waals surface area (Å²) < 4.78 is 3.23. The first-order chi connectivity index (χ1) is 11.4. The van der Waals surface area contributed by atoms with Gasteiger partial charge in [-0.1, -0.05) is 22.0 Å². The summed E-state index contributed by atoms with van der Waals surface area (Å²) in [4.78, 5) is 17.5. The Morgan fingerprint density at radius 3 is 2.29 bits per heavy atom. The Morgan fingerprint density at radius 2 is 1.71 bits per heavy atom. The van der Waals surface area contributed by atoms with Gasteiger partial charge in [-0.05, 0) is 39.8 Å². The molecule has 130 valence electrons. The van der Waals surface area contributed by atoms with E-state index in [4.69, 9.17) is 0 Å². The molecule has 0 unspecified atom stereocenters. The molecule has 1 saturated heterocycles. The molecular weight excluding hydrogens is 366 g/mol. The standard InChI is InChI=1S/C19H26BrN3O/c1-13(2)21-7-9-22(10-8-21)19(24)17-12-23(14(3)4)18-11-15(20)5-6-16(17)18/h5-6,11-14H,7-10H2,1-4H3. The number of aromatic nitrogens is 1. The van der Waals surface area contributed by atoms with Gasteiger partial charge >= 0.3 is 0 Å². The average molecular weight is 392 g/mol. The highest BCUT2D eigenvalue weighted by Gasteiger charge is 2.26. The predicted molar refractivity (Wildman–Crippen MR) is 103 cm³/mol. The highest BCUT2D eigenvalue weighted by Crippen LogP contribution is 2.28. The number of fused-ring (bicyclic) bond motifs is 1. The summed E-state index contributed by atoms with van der Waals surface area (Å²) in [5.41, 5.74) is 1.94. The van der Waals surface area contributed by atoms with Crippen molar-refractivity contribution in [2.24, 2.45) is 0 Å². The van der Waals surface area contributed by atoms with Gasteiger partial charge in [0.2, 0.25) is 0 Å². The monoisotopic (exact) mass is 391 g/mol. The SMILES string of the molecule is CC(C)N1CCN(C(=O)c2cn(C(C)C)c3cc(Br)ccc23)CC1. The zero-order valence-corrected chi connectivity index (χ0v) is 16.5. The van der Waals surface area contributed by atoms with Gasteiger partial charge in [-0.15, -0.1) is 0 Å². The van der Waals surface area contributed by atoms with Crippen LogP contribution in [-0.4, -0.2) is 52.5 Å². The normalized spacial score (nSPS) is 16.5. The predicted octanol–water partition coefficient (Wildman–Crippen LogP) is 4.15. The molecule has 1 amide bonds. The summed E-state index contributed by atoms with van der Waals surface area (Å²) >= 11 is 3.54. The van der Waals surface area contributed by atoms with Crippen LogP contribution in [-0.2, 0) is 0 Å². The van der Waals surface area contributed by atoms with Crippen molar-refractivity contribution < 1.29 is 4.79 Å². The van der Waals surface area contributed by atoms with Crippen molar-refractivity contribution in [1.82, 2.24) is 14.4 Å². The third kappa shape index (κ3) is 3.24. The molecule has 2 heterocycles. The molecule has 0 saturated carbocycles. The van der Waals surface area contributed by atoms with E-state index in [0.29, 0.717) is 12.1 Å². The summed E-state index contributed by atoms with van der Waals surface area (Å²) in [5.74, 6) is 0.158. The topological polar surface area (TPSA) is 28.5 Å². The molecule has 3 rings (SSSR count). The Balaban J connectivity index is 1.91. The van der Waals surface area contributed by atoms with Crippen molar-refractivity contribution in [1.29, 1.82) is 0 Å². The Labute approximate surface area is 152 Å². The van der Waals surface area contributed by atoms with E-state index in [1.165, 1.54) is 0 Å². The van der Waals surface area contributed by atoms with Crippen molar-refractivity contribution in [2.45, 2.75) is 39.8 Å². The molecule has 2 aromatic rings. The van der Waals surface area contributed by atoms with Gasteiger partial charge in [-0.3, -0.25) is 9.69 Å². The zero-order chi connectivity index (χ0) is 17.4. The van der Waals surface area contributed by atoms with Gasteiger partial charge in [-0.25, -0.2) is 0 Å². The van der Waals surface area contributed by atoms with E-state index in [0.717, 1.165) is 47.1 Å². The number of benzene rings is 1. The summed E-state index contributed by atoms with van der Waals surface area (Å²) in [7, 11) is 0. The minimum absolute atomic E-state index is 0.158. The summed E-state index contributed by atoms with van der Waals surface area (Å²) in [5, 5.41) is 1.04. The number of carbonyl (C=O) groups excluding carboxylic acids is 1. The van der Waals surface area contributed by atoms with Gasteiger partial charge in [0.15, 0.2) is 0 Å². The van der Waals surface area contributed by atoms with E-state index >= 15 is 0 Å². The van der Waals surface area contributed by atoms with Crippen molar-refractivity contribution in [3.63, 3.8) is 0 Å². The minimum atomic E-state index is 0.158. The molecule has 1 aliphatic heterocycles. The molecule has 4 nitrogen and oxygen atoms in total. The second-order valence-corrected chi connectivity index (χ2v) is 8.04. The van der Waals surface area contributed by atoms with Crippen LogP contribution in [0.25, 0.3) is 10.9 Å². The maximum Gasteiger partial charge on any atom is 0.256 e. The van der Waals surface area contributed by atoms with E-state index in [-0.39, 0.29) is 5.91 Å². The fourth-order valence-electron chi connectivity index (χ4n) is 3.43. The molecule has 0 aliphatic carbocycles. The first-order valence-corrected chi connectivity index (χ1v) is 9.51. The highest BCUT2D eigenvalue weighted by atomic mass is 79.9. The molecule has 5 heteroatoms. The van der Waals surface area contributed by atoms with E-state index in [1.807, 2.05) is 17.2 Å². The lowest BCUT2D eigenvalue weighted by Crippen LogP contribution is -2.50.